The highest BCUT2D eigenvalue weighted by Crippen LogP contribution is 2.37. The predicted octanol–water partition coefficient (Wildman–Crippen LogP) is 5.03. The highest BCUT2D eigenvalue weighted by molar-refractivity contribution is 6.35. The minimum absolute atomic E-state index is 0.0851. The molecule has 1 amide bonds. The molecule has 4 rings (SSSR count). The van der Waals surface area contributed by atoms with Crippen LogP contribution < -0.4 is 16.2 Å². The number of rotatable bonds is 6. The SMILES string of the molecule is CC(C)NCc1cc2cc(NCC(=O)N3CCc4cc(Cl)cc(Cl)c4[C@@H]3C)c(F)cc2c(=O)[nH]1. The van der Waals surface area contributed by atoms with E-state index in [2.05, 4.69) is 15.6 Å². The van der Waals surface area contributed by atoms with Gasteiger partial charge in [-0.15, -0.1) is 0 Å². The van der Waals surface area contributed by atoms with Crippen LogP contribution in [0.3, 0.4) is 0 Å². The van der Waals surface area contributed by atoms with Gasteiger partial charge in [0.25, 0.3) is 5.56 Å². The van der Waals surface area contributed by atoms with Gasteiger partial charge in [0.2, 0.25) is 5.91 Å². The molecule has 0 saturated heterocycles. The van der Waals surface area contributed by atoms with Crippen molar-refractivity contribution in [3.05, 3.63) is 73.4 Å². The average molecular weight is 505 g/mol. The summed E-state index contributed by atoms with van der Waals surface area (Å²) in [5.74, 6) is -0.759. The Labute approximate surface area is 207 Å². The number of amides is 1. The fraction of sp³-hybridized carbons (Fsp3) is 0.360. The summed E-state index contributed by atoms with van der Waals surface area (Å²) < 4.78 is 14.7. The zero-order chi connectivity index (χ0) is 24.6. The van der Waals surface area contributed by atoms with Crippen molar-refractivity contribution in [1.29, 1.82) is 0 Å². The van der Waals surface area contributed by atoms with Gasteiger partial charge < -0.3 is 20.5 Å². The maximum Gasteiger partial charge on any atom is 0.256 e. The molecule has 180 valence electrons. The fourth-order valence-corrected chi connectivity index (χ4v) is 5.10. The Morgan fingerprint density at radius 2 is 2.00 bits per heavy atom. The lowest BCUT2D eigenvalue weighted by Crippen LogP contribution is -2.42. The first-order chi connectivity index (χ1) is 16.1. The number of hydrogen-bond donors (Lipinski definition) is 3. The summed E-state index contributed by atoms with van der Waals surface area (Å²) in [6.45, 7) is 6.87. The number of fused-ring (bicyclic) bond motifs is 2. The van der Waals surface area contributed by atoms with Gasteiger partial charge >= 0.3 is 0 Å². The molecule has 34 heavy (non-hydrogen) atoms. The second kappa shape index (κ2) is 9.94. The van der Waals surface area contributed by atoms with Crippen molar-refractivity contribution in [2.24, 2.45) is 0 Å². The molecule has 0 fully saturated rings. The summed E-state index contributed by atoms with van der Waals surface area (Å²) in [6, 6.07) is 8.18. The summed E-state index contributed by atoms with van der Waals surface area (Å²) >= 11 is 12.5. The number of benzene rings is 2. The van der Waals surface area contributed by atoms with E-state index in [1.807, 2.05) is 32.9 Å². The third-order valence-corrected chi connectivity index (χ3v) is 6.66. The van der Waals surface area contributed by atoms with Crippen molar-refractivity contribution >= 4 is 45.6 Å². The van der Waals surface area contributed by atoms with E-state index < -0.39 is 5.82 Å². The Hall–Kier alpha value is -2.61. The number of pyridine rings is 1. The number of halogens is 3. The lowest BCUT2D eigenvalue weighted by atomic mass is 9.93. The molecule has 0 aliphatic carbocycles. The van der Waals surface area contributed by atoms with Gasteiger partial charge in [0.15, 0.2) is 0 Å². The van der Waals surface area contributed by atoms with E-state index in [1.165, 1.54) is 6.07 Å². The molecule has 0 saturated carbocycles. The van der Waals surface area contributed by atoms with Crippen LogP contribution in [0.4, 0.5) is 10.1 Å². The molecule has 0 spiro atoms. The Kier molecular flexibility index (Phi) is 7.17. The number of aromatic nitrogens is 1. The largest absolute Gasteiger partial charge is 0.374 e. The molecular formula is C25H27Cl2FN4O2. The summed E-state index contributed by atoms with van der Waals surface area (Å²) in [4.78, 5) is 29.9. The number of H-pyrrole nitrogens is 1. The Balaban J connectivity index is 1.52. The minimum Gasteiger partial charge on any atom is -0.374 e. The summed E-state index contributed by atoms with van der Waals surface area (Å²) in [7, 11) is 0. The number of aromatic amines is 1. The van der Waals surface area contributed by atoms with Crippen LogP contribution >= 0.6 is 23.2 Å². The molecule has 6 nitrogen and oxygen atoms in total. The molecule has 3 N–H and O–H groups in total. The molecular weight excluding hydrogens is 478 g/mol. The maximum absolute atomic E-state index is 14.7. The van der Waals surface area contributed by atoms with Crippen LogP contribution in [0.15, 0.2) is 35.1 Å². The topological polar surface area (TPSA) is 77.2 Å². The number of anilines is 1. The highest BCUT2D eigenvalue weighted by Gasteiger charge is 2.29. The number of hydrogen-bond acceptors (Lipinski definition) is 4. The van der Waals surface area contributed by atoms with Crippen molar-refractivity contribution in [3.8, 4) is 0 Å². The number of nitrogens with one attached hydrogen (secondary N) is 3. The van der Waals surface area contributed by atoms with Crippen LogP contribution in [-0.2, 0) is 17.8 Å². The second-order valence-electron chi connectivity index (χ2n) is 8.91. The first kappa shape index (κ1) is 24.5. The quantitative estimate of drug-likeness (QED) is 0.439. The van der Waals surface area contributed by atoms with E-state index >= 15 is 0 Å². The highest BCUT2D eigenvalue weighted by atomic mass is 35.5. The van der Waals surface area contributed by atoms with Crippen LogP contribution in [0, 0.1) is 5.82 Å². The van der Waals surface area contributed by atoms with Gasteiger partial charge in [-0.2, -0.15) is 0 Å². The van der Waals surface area contributed by atoms with Gasteiger partial charge in [0.05, 0.1) is 23.7 Å². The summed E-state index contributed by atoms with van der Waals surface area (Å²) in [6.07, 6.45) is 0.645. The Morgan fingerprint density at radius 3 is 2.74 bits per heavy atom. The van der Waals surface area contributed by atoms with E-state index in [4.69, 9.17) is 23.2 Å². The van der Waals surface area contributed by atoms with Crippen molar-refractivity contribution < 1.29 is 9.18 Å². The lowest BCUT2D eigenvalue weighted by Gasteiger charge is -2.36. The molecule has 0 radical (unpaired) electrons. The van der Waals surface area contributed by atoms with E-state index in [0.29, 0.717) is 40.6 Å². The fourth-order valence-electron chi connectivity index (χ4n) is 4.40. The van der Waals surface area contributed by atoms with Crippen LogP contribution in [-0.4, -0.2) is 34.9 Å². The molecule has 1 aliphatic rings. The molecule has 1 aromatic heterocycles. The van der Waals surface area contributed by atoms with E-state index in [0.717, 1.165) is 11.1 Å². The molecule has 9 heteroatoms. The number of carbonyl (C=O) groups is 1. The first-order valence-corrected chi connectivity index (χ1v) is 12.0. The van der Waals surface area contributed by atoms with E-state index in [1.54, 1.807) is 17.0 Å². The predicted molar refractivity (Wildman–Crippen MR) is 135 cm³/mol. The number of carbonyl (C=O) groups excluding carboxylic acids is 1. The van der Waals surface area contributed by atoms with Crippen molar-refractivity contribution in [2.45, 2.75) is 45.8 Å². The molecule has 0 bridgehead atoms. The van der Waals surface area contributed by atoms with Gasteiger partial charge in [0, 0.05) is 34.9 Å². The molecule has 1 aliphatic heterocycles. The Morgan fingerprint density at radius 1 is 1.24 bits per heavy atom. The van der Waals surface area contributed by atoms with E-state index in [9.17, 15) is 14.0 Å². The molecule has 3 aromatic rings. The van der Waals surface area contributed by atoms with Gasteiger partial charge in [0.1, 0.15) is 5.82 Å². The van der Waals surface area contributed by atoms with Crippen LogP contribution in [0.5, 0.6) is 0 Å². The monoisotopic (exact) mass is 504 g/mol. The summed E-state index contributed by atoms with van der Waals surface area (Å²) in [5.41, 5.74) is 2.46. The summed E-state index contributed by atoms with van der Waals surface area (Å²) in [5, 5.41) is 8.13. The van der Waals surface area contributed by atoms with E-state index in [-0.39, 0.29) is 41.2 Å². The maximum atomic E-state index is 14.7. The second-order valence-corrected chi connectivity index (χ2v) is 9.75. The van der Waals surface area contributed by atoms with Crippen molar-refractivity contribution in [1.82, 2.24) is 15.2 Å². The zero-order valence-corrected chi connectivity index (χ0v) is 20.8. The van der Waals surface area contributed by atoms with Crippen molar-refractivity contribution in [2.75, 3.05) is 18.4 Å². The molecule has 0 unspecified atom stereocenters. The first-order valence-electron chi connectivity index (χ1n) is 11.2. The van der Waals surface area contributed by atoms with Crippen LogP contribution in [0.1, 0.15) is 43.6 Å². The smallest absolute Gasteiger partial charge is 0.256 e. The third-order valence-electron chi connectivity index (χ3n) is 6.13. The normalized spacial score (nSPS) is 15.6. The standard InChI is InChI=1S/C25H27Cl2FN4O2/c1-13(2)29-11-18-7-16-8-22(21(28)10-19(16)25(34)31-18)30-12-23(33)32-5-4-15-6-17(26)9-20(27)24(15)14(32)3/h6-10,13-14,29-30H,4-5,11-12H2,1-3H3,(H,31,34)/t14-/m0/s1. The molecule has 2 aromatic carbocycles. The van der Waals surface area contributed by atoms with Crippen molar-refractivity contribution in [3.63, 3.8) is 0 Å². The minimum atomic E-state index is -0.589. The molecule has 1 atom stereocenters. The average Bonchev–Trinajstić information content (AvgIpc) is 2.76. The van der Waals surface area contributed by atoms with Gasteiger partial charge in [-0.05, 0) is 60.2 Å². The van der Waals surface area contributed by atoms with Crippen LogP contribution in [0.25, 0.3) is 10.8 Å². The third kappa shape index (κ3) is 5.06. The number of nitrogens with zero attached hydrogens (tertiary/aromatic N) is 1. The molecule has 2 heterocycles. The lowest BCUT2D eigenvalue weighted by molar-refractivity contribution is -0.131. The zero-order valence-electron chi connectivity index (χ0n) is 19.3. The van der Waals surface area contributed by atoms with Gasteiger partial charge in [-0.25, -0.2) is 4.39 Å². The van der Waals surface area contributed by atoms with Gasteiger partial charge in [-0.1, -0.05) is 37.0 Å². The Bertz CT molecular complexity index is 1310. The van der Waals surface area contributed by atoms with Gasteiger partial charge in [-0.3, -0.25) is 9.59 Å². The van der Waals surface area contributed by atoms with Crippen LogP contribution in [0.2, 0.25) is 10.0 Å².